The average Bonchev–Trinajstić information content (AvgIpc) is 3.15. The number of hydrogen-bond donors (Lipinski definition) is 1. The van der Waals surface area contributed by atoms with Gasteiger partial charge in [0.05, 0.1) is 0 Å². The second-order valence-corrected chi connectivity index (χ2v) is 7.21. The predicted octanol–water partition coefficient (Wildman–Crippen LogP) is 3.15. The van der Waals surface area contributed by atoms with Crippen molar-refractivity contribution >= 4 is 22.5 Å². The number of halogens is 2. The number of anilines is 1. The fraction of sp³-hybridized carbons (Fsp3) is 0.643. The van der Waals surface area contributed by atoms with Gasteiger partial charge in [0.25, 0.3) is 5.89 Å². The molecular formula is C14H16F2N6O2S. The van der Waals surface area contributed by atoms with Gasteiger partial charge in [0.2, 0.25) is 5.13 Å². The van der Waals surface area contributed by atoms with E-state index >= 15 is 0 Å². The van der Waals surface area contributed by atoms with Crippen LogP contribution in [0.25, 0.3) is 0 Å². The molecule has 0 bridgehead atoms. The lowest BCUT2D eigenvalue weighted by Gasteiger charge is -2.30. The van der Waals surface area contributed by atoms with Crippen molar-refractivity contribution in [2.45, 2.75) is 43.9 Å². The van der Waals surface area contributed by atoms with Crippen molar-refractivity contribution in [1.29, 1.82) is 0 Å². The molecule has 2 amide bonds. The molecule has 8 nitrogen and oxygen atoms in total. The average molecular weight is 370 g/mol. The highest BCUT2D eigenvalue weighted by molar-refractivity contribution is 7.15. The van der Waals surface area contributed by atoms with E-state index in [9.17, 15) is 13.6 Å². The van der Waals surface area contributed by atoms with E-state index in [1.807, 2.05) is 0 Å². The van der Waals surface area contributed by atoms with Crippen LogP contribution in [-0.2, 0) is 0 Å². The molecule has 11 heteroatoms. The Labute approximate surface area is 145 Å². The van der Waals surface area contributed by atoms with Crippen LogP contribution in [-0.4, -0.2) is 44.4 Å². The molecule has 0 unspecified atom stereocenters. The summed E-state index contributed by atoms with van der Waals surface area (Å²) >= 11 is 1.41. The number of amides is 2. The first-order valence-corrected chi connectivity index (χ1v) is 8.93. The Morgan fingerprint density at radius 3 is 2.60 bits per heavy atom. The van der Waals surface area contributed by atoms with Crippen LogP contribution in [0.4, 0.5) is 18.7 Å². The van der Waals surface area contributed by atoms with Gasteiger partial charge in [-0.3, -0.25) is 5.32 Å². The van der Waals surface area contributed by atoms with E-state index in [4.69, 9.17) is 0 Å². The number of likely N-dealkylation sites (tertiary alicyclic amines) is 1. The Hall–Kier alpha value is -2.17. The molecule has 0 radical (unpaired) electrons. The number of nitrogens with one attached hydrogen (secondary N) is 1. The Balaban J connectivity index is 1.30. The van der Waals surface area contributed by atoms with Crippen LogP contribution in [0.1, 0.15) is 60.7 Å². The van der Waals surface area contributed by atoms with Crippen LogP contribution in [0, 0.1) is 0 Å². The number of hydrogen-bond acceptors (Lipinski definition) is 7. The van der Waals surface area contributed by atoms with Crippen molar-refractivity contribution in [3.63, 3.8) is 0 Å². The minimum atomic E-state index is -2.76. The minimum Gasteiger partial charge on any atom is -0.333 e. The summed E-state index contributed by atoms with van der Waals surface area (Å²) in [5, 5.41) is 16.0. The van der Waals surface area contributed by atoms with Gasteiger partial charge >= 0.3 is 12.5 Å². The normalized spacial score (nSPS) is 18.8. The molecule has 1 N–H and O–H groups in total. The van der Waals surface area contributed by atoms with E-state index < -0.39 is 12.3 Å². The van der Waals surface area contributed by atoms with Gasteiger partial charge in [-0.2, -0.15) is 13.8 Å². The van der Waals surface area contributed by atoms with Gasteiger partial charge in [0.15, 0.2) is 5.82 Å². The first kappa shape index (κ1) is 16.3. The highest BCUT2D eigenvalue weighted by atomic mass is 32.1. The summed E-state index contributed by atoms with van der Waals surface area (Å²) < 4.78 is 29.6. The van der Waals surface area contributed by atoms with Crippen LogP contribution in [0.3, 0.4) is 0 Å². The van der Waals surface area contributed by atoms with Gasteiger partial charge in [-0.25, -0.2) is 4.79 Å². The van der Waals surface area contributed by atoms with Crippen molar-refractivity contribution in [2.24, 2.45) is 0 Å². The van der Waals surface area contributed by atoms with E-state index in [0.717, 1.165) is 17.8 Å². The second-order valence-electron chi connectivity index (χ2n) is 6.20. The fourth-order valence-electron chi connectivity index (χ4n) is 2.79. The summed E-state index contributed by atoms with van der Waals surface area (Å²) in [6.07, 6.45) is 0.705. The van der Waals surface area contributed by atoms with Crippen LogP contribution in [0.2, 0.25) is 0 Å². The molecule has 0 atom stereocenters. The SMILES string of the molecule is O=C(Nc1nnc(C2CC2)s1)N1CCC(c2noc(C(F)F)n2)CC1. The fourth-order valence-corrected chi connectivity index (χ4v) is 3.70. The van der Waals surface area contributed by atoms with E-state index in [1.54, 1.807) is 4.90 Å². The van der Waals surface area contributed by atoms with E-state index in [-0.39, 0.29) is 17.8 Å². The smallest absolute Gasteiger partial charge is 0.323 e. The third kappa shape index (κ3) is 3.60. The van der Waals surface area contributed by atoms with Crippen molar-refractivity contribution in [3.8, 4) is 0 Å². The third-order valence-electron chi connectivity index (χ3n) is 4.37. The molecule has 0 spiro atoms. The quantitative estimate of drug-likeness (QED) is 0.888. The number of alkyl halides is 2. The molecule has 1 saturated heterocycles. The molecular weight excluding hydrogens is 354 g/mol. The molecule has 1 saturated carbocycles. The van der Waals surface area contributed by atoms with E-state index in [1.165, 1.54) is 11.3 Å². The number of aromatic nitrogens is 4. The Morgan fingerprint density at radius 1 is 1.20 bits per heavy atom. The molecule has 2 aliphatic rings. The maximum absolute atomic E-state index is 12.5. The monoisotopic (exact) mass is 370 g/mol. The number of rotatable bonds is 4. The molecule has 134 valence electrons. The summed E-state index contributed by atoms with van der Waals surface area (Å²) in [5.74, 6) is 0.0572. The summed E-state index contributed by atoms with van der Waals surface area (Å²) in [7, 11) is 0. The van der Waals surface area contributed by atoms with Crippen LogP contribution < -0.4 is 5.32 Å². The largest absolute Gasteiger partial charge is 0.333 e. The molecule has 1 aliphatic carbocycles. The van der Waals surface area contributed by atoms with Gasteiger partial charge in [-0.15, -0.1) is 10.2 Å². The molecule has 4 rings (SSSR count). The maximum atomic E-state index is 12.5. The zero-order valence-corrected chi connectivity index (χ0v) is 14.0. The van der Waals surface area contributed by atoms with Gasteiger partial charge < -0.3 is 9.42 Å². The Kier molecular flexibility index (Phi) is 4.32. The Bertz CT molecular complexity index is 754. The maximum Gasteiger partial charge on any atom is 0.323 e. The molecule has 2 aromatic heterocycles. The summed E-state index contributed by atoms with van der Waals surface area (Å²) in [6.45, 7) is 0.979. The van der Waals surface area contributed by atoms with Crippen LogP contribution in [0.15, 0.2) is 4.52 Å². The van der Waals surface area contributed by atoms with E-state index in [0.29, 0.717) is 37.0 Å². The molecule has 3 heterocycles. The van der Waals surface area contributed by atoms with Gasteiger partial charge in [0, 0.05) is 24.9 Å². The van der Waals surface area contributed by atoms with E-state index in [2.05, 4.69) is 30.2 Å². The van der Waals surface area contributed by atoms with Gasteiger partial charge in [-0.1, -0.05) is 16.5 Å². The topological polar surface area (TPSA) is 97.0 Å². The lowest BCUT2D eigenvalue weighted by Crippen LogP contribution is -2.40. The number of carbonyl (C=O) groups excluding carboxylic acids is 1. The van der Waals surface area contributed by atoms with Crippen molar-refractivity contribution in [2.75, 3.05) is 18.4 Å². The molecule has 0 aromatic carbocycles. The van der Waals surface area contributed by atoms with Crippen molar-refractivity contribution < 1.29 is 18.1 Å². The summed E-state index contributed by atoms with van der Waals surface area (Å²) in [6, 6.07) is -0.224. The van der Waals surface area contributed by atoms with Gasteiger partial charge in [-0.05, 0) is 25.7 Å². The summed E-state index contributed by atoms with van der Waals surface area (Å²) in [5.41, 5.74) is 0. The molecule has 2 fully saturated rings. The summed E-state index contributed by atoms with van der Waals surface area (Å²) in [4.78, 5) is 17.7. The third-order valence-corrected chi connectivity index (χ3v) is 5.37. The van der Waals surface area contributed by atoms with Gasteiger partial charge in [0.1, 0.15) is 5.01 Å². The predicted molar refractivity (Wildman–Crippen MR) is 83.7 cm³/mol. The highest BCUT2D eigenvalue weighted by Gasteiger charge is 2.30. The van der Waals surface area contributed by atoms with Crippen molar-refractivity contribution in [1.82, 2.24) is 25.2 Å². The number of urea groups is 1. The number of nitrogens with zero attached hydrogens (tertiary/aromatic N) is 5. The first-order chi connectivity index (χ1) is 12.1. The van der Waals surface area contributed by atoms with Crippen LogP contribution in [0.5, 0.6) is 0 Å². The standard InChI is InChI=1S/C14H16F2N6O2S/c15-9(16)11-17-10(21-24-11)7-3-5-22(6-4-7)14(23)18-13-20-19-12(25-13)8-1-2-8/h7-9H,1-6H2,(H,18,20,23). The molecule has 1 aliphatic heterocycles. The lowest BCUT2D eigenvalue weighted by molar-refractivity contribution is 0.106. The second kappa shape index (κ2) is 6.62. The molecule has 2 aromatic rings. The zero-order chi connectivity index (χ0) is 17.4. The number of piperidine rings is 1. The van der Waals surface area contributed by atoms with Crippen LogP contribution >= 0.6 is 11.3 Å². The van der Waals surface area contributed by atoms with Crippen molar-refractivity contribution in [3.05, 3.63) is 16.7 Å². The highest BCUT2D eigenvalue weighted by Crippen LogP contribution is 2.42. The zero-order valence-electron chi connectivity index (χ0n) is 13.2. The minimum absolute atomic E-state index is 0.0803. The lowest BCUT2D eigenvalue weighted by atomic mass is 9.96. The Morgan fingerprint density at radius 2 is 1.96 bits per heavy atom. The first-order valence-electron chi connectivity index (χ1n) is 8.11. The molecule has 25 heavy (non-hydrogen) atoms. The number of carbonyl (C=O) groups is 1.